The fourth-order valence-corrected chi connectivity index (χ4v) is 4.49. The number of hydrogen-bond donors (Lipinski definition) is 1. The number of carbonyl (C=O) groups is 1. The average molecular weight is 404 g/mol. The number of furan rings is 1. The molecule has 0 radical (unpaired) electrons. The van der Waals surface area contributed by atoms with Crippen molar-refractivity contribution in [2.75, 3.05) is 0 Å². The van der Waals surface area contributed by atoms with Gasteiger partial charge in [0.15, 0.2) is 16.4 Å². The smallest absolute Gasteiger partial charge is 0.219 e. The molecule has 7 nitrogen and oxygen atoms in total. The van der Waals surface area contributed by atoms with Crippen molar-refractivity contribution in [1.82, 2.24) is 19.2 Å². The Balaban J connectivity index is 1.60. The fraction of sp³-hybridized carbons (Fsp3) is 0.650. The Kier molecular flexibility index (Phi) is 5.68. The molecular weight excluding hydrogens is 374 g/mol. The summed E-state index contributed by atoms with van der Waals surface area (Å²) >= 11 is 5.73. The molecule has 1 amide bonds. The van der Waals surface area contributed by atoms with E-state index in [0.29, 0.717) is 41.7 Å². The highest BCUT2D eigenvalue weighted by Gasteiger charge is 2.36. The summed E-state index contributed by atoms with van der Waals surface area (Å²) in [5, 5.41) is 4.78. The first-order chi connectivity index (χ1) is 13.5. The van der Waals surface area contributed by atoms with E-state index in [9.17, 15) is 4.79 Å². The lowest BCUT2D eigenvalue weighted by Gasteiger charge is -2.36. The molecule has 152 valence electrons. The summed E-state index contributed by atoms with van der Waals surface area (Å²) in [7, 11) is 0. The number of carbonyl (C=O) groups excluding carboxylic acids is 1. The number of nitrogens with two attached hydrogens (primary N) is 1. The molecule has 0 unspecified atom stereocenters. The van der Waals surface area contributed by atoms with E-state index < -0.39 is 0 Å². The lowest BCUT2D eigenvalue weighted by atomic mass is 9.86. The second kappa shape index (κ2) is 8.21. The highest BCUT2D eigenvalue weighted by molar-refractivity contribution is 7.71. The van der Waals surface area contributed by atoms with E-state index in [-0.39, 0.29) is 12.3 Å². The summed E-state index contributed by atoms with van der Waals surface area (Å²) in [6, 6.07) is 4.94. The van der Waals surface area contributed by atoms with Crippen LogP contribution in [-0.4, -0.2) is 37.2 Å². The van der Waals surface area contributed by atoms with Crippen molar-refractivity contribution < 1.29 is 9.21 Å². The maximum Gasteiger partial charge on any atom is 0.219 e. The topological polar surface area (TPSA) is 82.2 Å². The number of amides is 1. The van der Waals surface area contributed by atoms with Crippen LogP contribution >= 0.6 is 12.2 Å². The molecule has 2 aliphatic rings. The van der Waals surface area contributed by atoms with E-state index in [0.717, 1.165) is 5.92 Å². The van der Waals surface area contributed by atoms with Crippen LogP contribution in [0.2, 0.25) is 0 Å². The zero-order valence-corrected chi connectivity index (χ0v) is 17.2. The maximum absolute atomic E-state index is 11.3. The molecule has 2 aromatic heterocycles. The third-order valence-corrected chi connectivity index (χ3v) is 6.44. The number of hydrogen-bond acceptors (Lipinski definition) is 5. The Hall–Kier alpha value is -1.93. The molecule has 2 fully saturated rings. The third-order valence-electron chi connectivity index (χ3n) is 6.01. The van der Waals surface area contributed by atoms with Gasteiger partial charge in [0.2, 0.25) is 5.91 Å². The molecule has 0 aromatic carbocycles. The molecule has 0 spiro atoms. The zero-order chi connectivity index (χ0) is 19.7. The van der Waals surface area contributed by atoms with Crippen LogP contribution < -0.4 is 5.73 Å². The summed E-state index contributed by atoms with van der Waals surface area (Å²) in [6.07, 6.45) is 9.44. The minimum Gasteiger partial charge on any atom is -0.461 e. The molecule has 8 heteroatoms. The average Bonchev–Trinajstić information content (AvgIpc) is 3.27. The molecule has 2 N–H and O–H groups in total. The van der Waals surface area contributed by atoms with Crippen LogP contribution in [0.5, 0.6) is 0 Å². The molecule has 2 aromatic rings. The predicted molar refractivity (Wildman–Crippen MR) is 109 cm³/mol. The standard InChI is InChI=1S/C20H29N5O2S/c1-14-4-6-15(7-5-14)24(16-8-9-16)13-25-20(28)23(11-10-18(21)26)19(22-25)17-3-2-12-27-17/h2-3,12,14-16H,4-11,13H2,1H3,(H2,21,26). The molecule has 2 saturated carbocycles. The number of nitrogens with zero attached hydrogens (tertiary/aromatic N) is 4. The minimum absolute atomic E-state index is 0.223. The first kappa shape index (κ1) is 19.4. The summed E-state index contributed by atoms with van der Waals surface area (Å²) < 4.78 is 9.93. The molecule has 0 aliphatic heterocycles. The molecule has 28 heavy (non-hydrogen) atoms. The van der Waals surface area contributed by atoms with E-state index in [4.69, 9.17) is 27.5 Å². The minimum atomic E-state index is -0.351. The van der Waals surface area contributed by atoms with Crippen LogP contribution in [0.3, 0.4) is 0 Å². The first-order valence-electron chi connectivity index (χ1n) is 10.3. The van der Waals surface area contributed by atoms with Gasteiger partial charge in [-0.2, -0.15) is 0 Å². The Morgan fingerprint density at radius 3 is 2.54 bits per heavy atom. The van der Waals surface area contributed by atoms with Crippen LogP contribution in [0.4, 0.5) is 0 Å². The van der Waals surface area contributed by atoms with Gasteiger partial charge >= 0.3 is 0 Å². The van der Waals surface area contributed by atoms with Crippen LogP contribution in [-0.2, 0) is 18.0 Å². The Bertz CT molecular complexity index is 860. The maximum atomic E-state index is 11.3. The third kappa shape index (κ3) is 4.22. The molecular formula is C20H29N5O2S. The highest BCUT2D eigenvalue weighted by atomic mass is 32.1. The van der Waals surface area contributed by atoms with Crippen molar-refractivity contribution in [3.8, 4) is 11.6 Å². The van der Waals surface area contributed by atoms with E-state index in [1.165, 1.54) is 38.5 Å². The second-order valence-electron chi connectivity index (χ2n) is 8.25. The summed E-state index contributed by atoms with van der Waals surface area (Å²) in [5.41, 5.74) is 5.36. The zero-order valence-electron chi connectivity index (χ0n) is 16.4. The van der Waals surface area contributed by atoms with Crippen molar-refractivity contribution in [2.45, 2.75) is 77.2 Å². The summed E-state index contributed by atoms with van der Waals surface area (Å²) in [5.74, 6) is 1.79. The molecule has 0 saturated heterocycles. The molecule has 0 bridgehead atoms. The summed E-state index contributed by atoms with van der Waals surface area (Å²) in [4.78, 5) is 13.9. The van der Waals surface area contributed by atoms with E-state index in [1.54, 1.807) is 6.26 Å². The van der Waals surface area contributed by atoms with Gasteiger partial charge in [-0.15, -0.1) is 5.10 Å². The summed E-state index contributed by atoms with van der Waals surface area (Å²) in [6.45, 7) is 3.46. The lowest BCUT2D eigenvalue weighted by Crippen LogP contribution is -2.41. The second-order valence-corrected chi connectivity index (χ2v) is 8.62. The van der Waals surface area contributed by atoms with Gasteiger partial charge in [0, 0.05) is 25.0 Å². The van der Waals surface area contributed by atoms with Gasteiger partial charge in [-0.05, 0) is 68.8 Å². The number of primary amides is 1. The fourth-order valence-electron chi connectivity index (χ4n) is 4.21. The lowest BCUT2D eigenvalue weighted by molar-refractivity contribution is -0.118. The van der Waals surface area contributed by atoms with Crippen molar-refractivity contribution in [3.63, 3.8) is 0 Å². The van der Waals surface area contributed by atoms with Gasteiger partial charge in [-0.25, -0.2) is 4.68 Å². The highest BCUT2D eigenvalue weighted by Crippen LogP contribution is 2.35. The molecule has 4 rings (SSSR count). The molecule has 2 aliphatic carbocycles. The van der Waals surface area contributed by atoms with Crippen molar-refractivity contribution in [3.05, 3.63) is 23.2 Å². The quantitative estimate of drug-likeness (QED) is 0.682. The van der Waals surface area contributed by atoms with Crippen molar-refractivity contribution >= 4 is 18.1 Å². The van der Waals surface area contributed by atoms with Gasteiger partial charge in [-0.1, -0.05) is 6.92 Å². The van der Waals surface area contributed by atoms with Crippen LogP contribution in [0.25, 0.3) is 11.6 Å². The number of rotatable bonds is 8. The SMILES string of the molecule is CC1CCC(N(Cn2nc(-c3ccco3)n(CCC(N)=O)c2=S)C2CC2)CC1. The van der Waals surface area contributed by atoms with Gasteiger partial charge in [-0.3, -0.25) is 14.3 Å². The predicted octanol–water partition coefficient (Wildman–Crippen LogP) is 3.55. The van der Waals surface area contributed by atoms with Gasteiger partial charge < -0.3 is 10.2 Å². The van der Waals surface area contributed by atoms with Crippen LogP contribution in [0, 0.1) is 10.7 Å². The van der Waals surface area contributed by atoms with Crippen LogP contribution in [0.15, 0.2) is 22.8 Å². The Labute approximate surface area is 170 Å². The van der Waals surface area contributed by atoms with E-state index >= 15 is 0 Å². The van der Waals surface area contributed by atoms with E-state index in [1.807, 2.05) is 21.4 Å². The Morgan fingerprint density at radius 2 is 1.96 bits per heavy atom. The largest absolute Gasteiger partial charge is 0.461 e. The van der Waals surface area contributed by atoms with Gasteiger partial charge in [0.1, 0.15) is 0 Å². The molecule has 2 heterocycles. The van der Waals surface area contributed by atoms with Crippen molar-refractivity contribution in [2.24, 2.45) is 11.7 Å². The van der Waals surface area contributed by atoms with Crippen LogP contribution in [0.1, 0.15) is 51.9 Å². The van der Waals surface area contributed by atoms with Crippen molar-refractivity contribution in [1.29, 1.82) is 0 Å². The Morgan fingerprint density at radius 1 is 1.29 bits per heavy atom. The van der Waals surface area contributed by atoms with Gasteiger partial charge in [0.25, 0.3) is 0 Å². The first-order valence-corrected chi connectivity index (χ1v) is 10.7. The molecule has 0 atom stereocenters. The monoisotopic (exact) mass is 403 g/mol. The normalized spacial score (nSPS) is 22.6. The van der Waals surface area contributed by atoms with Gasteiger partial charge in [0.05, 0.1) is 12.9 Å². The number of aromatic nitrogens is 3. The van der Waals surface area contributed by atoms with E-state index in [2.05, 4.69) is 11.8 Å².